The van der Waals surface area contributed by atoms with E-state index in [9.17, 15) is 0 Å². The number of nitrogens with zero attached hydrogens (tertiary/aromatic N) is 2. The minimum Gasteiger partial charge on any atom is -0.241 e. The molecule has 1 heterocycles. The fourth-order valence-electron chi connectivity index (χ4n) is 1.29. The van der Waals surface area contributed by atoms with Crippen molar-refractivity contribution in [1.29, 1.82) is 0 Å². The molecule has 0 unspecified atom stereocenters. The molecule has 2 nitrogen and oxygen atoms in total. The van der Waals surface area contributed by atoms with Crippen molar-refractivity contribution in [3.8, 4) is 0 Å². The molecule has 2 aromatic rings. The second-order valence-electron chi connectivity index (χ2n) is 2.92. The maximum absolute atomic E-state index is 4.33. The summed E-state index contributed by atoms with van der Waals surface area (Å²) in [6.45, 7) is 3.97. The van der Waals surface area contributed by atoms with Crippen LogP contribution in [0.3, 0.4) is 0 Å². The Morgan fingerprint density at radius 1 is 1.17 bits per heavy atom. The highest BCUT2D eigenvalue weighted by molar-refractivity contribution is 5.80. The molecule has 0 bridgehead atoms. The Hall–Kier alpha value is -1.44. The van der Waals surface area contributed by atoms with Crippen LogP contribution in [0.5, 0.6) is 0 Å². The van der Waals surface area contributed by atoms with Crippen molar-refractivity contribution in [3.05, 3.63) is 35.8 Å². The number of aryl methyl sites for hydroxylation is 2. The van der Waals surface area contributed by atoms with Crippen LogP contribution in [0.15, 0.2) is 24.4 Å². The zero-order valence-electron chi connectivity index (χ0n) is 7.20. The second-order valence-corrected chi connectivity index (χ2v) is 2.92. The first-order chi connectivity index (χ1) is 5.77. The highest BCUT2D eigenvalue weighted by Gasteiger charge is 1.97. The van der Waals surface area contributed by atoms with Crippen LogP contribution >= 0.6 is 0 Å². The Kier molecular flexibility index (Phi) is 1.54. The Morgan fingerprint density at radius 3 is 2.83 bits per heavy atom. The van der Waals surface area contributed by atoms with Crippen molar-refractivity contribution in [2.75, 3.05) is 0 Å². The molecule has 1 aromatic carbocycles. The van der Waals surface area contributed by atoms with Gasteiger partial charge in [0, 0.05) is 11.6 Å². The Balaban J connectivity index is 2.86. The second kappa shape index (κ2) is 2.55. The Morgan fingerprint density at radius 2 is 2.00 bits per heavy atom. The van der Waals surface area contributed by atoms with E-state index in [1.165, 1.54) is 5.56 Å². The highest BCUT2D eigenvalue weighted by atomic mass is 14.9. The first-order valence-corrected chi connectivity index (χ1v) is 3.96. The topological polar surface area (TPSA) is 25.8 Å². The number of aromatic nitrogens is 2. The van der Waals surface area contributed by atoms with E-state index >= 15 is 0 Å². The molecule has 2 rings (SSSR count). The molecule has 0 spiro atoms. The lowest BCUT2D eigenvalue weighted by molar-refractivity contribution is 1.09. The van der Waals surface area contributed by atoms with Crippen LogP contribution in [0, 0.1) is 13.8 Å². The third kappa shape index (κ3) is 1.05. The van der Waals surface area contributed by atoms with Crippen LogP contribution in [0.1, 0.15) is 11.4 Å². The lowest BCUT2D eigenvalue weighted by Gasteiger charge is -1.99. The van der Waals surface area contributed by atoms with E-state index in [0.717, 1.165) is 16.7 Å². The molecule has 0 N–H and O–H groups in total. The summed E-state index contributed by atoms with van der Waals surface area (Å²) >= 11 is 0. The minimum absolute atomic E-state index is 0.827. The quantitative estimate of drug-likeness (QED) is 0.587. The first kappa shape index (κ1) is 7.22. The van der Waals surface area contributed by atoms with Crippen molar-refractivity contribution in [2.24, 2.45) is 0 Å². The van der Waals surface area contributed by atoms with Gasteiger partial charge in [0.2, 0.25) is 0 Å². The summed E-state index contributed by atoms with van der Waals surface area (Å²) in [5.41, 5.74) is 2.26. The number of hydrogen-bond donors (Lipinski definition) is 0. The predicted molar refractivity (Wildman–Crippen MR) is 49.0 cm³/mol. The molecule has 0 radical (unpaired) electrons. The van der Waals surface area contributed by atoms with Crippen LogP contribution in [0.4, 0.5) is 0 Å². The van der Waals surface area contributed by atoms with Gasteiger partial charge in [-0.3, -0.25) is 0 Å². The normalized spacial score (nSPS) is 10.5. The smallest absolute Gasteiger partial charge is 0.125 e. The molecule has 2 heteroatoms. The fraction of sp³-hybridized carbons (Fsp3) is 0.200. The van der Waals surface area contributed by atoms with Gasteiger partial charge in [-0.05, 0) is 25.5 Å². The van der Waals surface area contributed by atoms with Gasteiger partial charge < -0.3 is 0 Å². The van der Waals surface area contributed by atoms with Crippen LogP contribution < -0.4 is 0 Å². The van der Waals surface area contributed by atoms with E-state index < -0.39 is 0 Å². The predicted octanol–water partition coefficient (Wildman–Crippen LogP) is 2.25. The summed E-state index contributed by atoms with van der Waals surface area (Å²) in [5.74, 6) is 0.827. The van der Waals surface area contributed by atoms with Gasteiger partial charge in [-0.1, -0.05) is 12.1 Å². The van der Waals surface area contributed by atoms with E-state index in [4.69, 9.17) is 0 Å². The monoisotopic (exact) mass is 158 g/mol. The largest absolute Gasteiger partial charge is 0.241 e. The summed E-state index contributed by atoms with van der Waals surface area (Å²) in [4.78, 5) is 8.48. The molecule has 0 saturated heterocycles. The van der Waals surface area contributed by atoms with E-state index in [1.54, 1.807) is 0 Å². The lowest BCUT2D eigenvalue weighted by atomic mass is 10.1. The van der Waals surface area contributed by atoms with Gasteiger partial charge in [0.15, 0.2) is 0 Å². The SMILES string of the molecule is Cc1ncc2c(C)cccc2n1. The molecule has 0 atom stereocenters. The molecule has 60 valence electrons. The standard InChI is InChI=1S/C10H10N2/c1-7-4-3-5-10-9(7)6-11-8(2)12-10/h3-6H,1-2H3. The minimum atomic E-state index is 0.827. The van der Waals surface area contributed by atoms with Crippen molar-refractivity contribution in [2.45, 2.75) is 13.8 Å². The number of benzene rings is 1. The van der Waals surface area contributed by atoms with E-state index in [1.807, 2.05) is 25.3 Å². The van der Waals surface area contributed by atoms with Crippen LogP contribution in [-0.2, 0) is 0 Å². The van der Waals surface area contributed by atoms with Gasteiger partial charge in [0.1, 0.15) is 5.82 Å². The van der Waals surface area contributed by atoms with E-state index in [0.29, 0.717) is 0 Å². The van der Waals surface area contributed by atoms with Gasteiger partial charge >= 0.3 is 0 Å². The average Bonchev–Trinajstić information content (AvgIpc) is 2.04. The molecule has 0 aliphatic carbocycles. The fourth-order valence-corrected chi connectivity index (χ4v) is 1.29. The van der Waals surface area contributed by atoms with E-state index in [2.05, 4.69) is 23.0 Å². The zero-order chi connectivity index (χ0) is 8.55. The van der Waals surface area contributed by atoms with Crippen molar-refractivity contribution in [1.82, 2.24) is 9.97 Å². The summed E-state index contributed by atoms with van der Waals surface area (Å²) < 4.78 is 0. The third-order valence-corrected chi connectivity index (χ3v) is 1.96. The van der Waals surface area contributed by atoms with Gasteiger partial charge in [-0.25, -0.2) is 9.97 Å². The number of hydrogen-bond acceptors (Lipinski definition) is 2. The number of rotatable bonds is 0. The molecular formula is C10H10N2. The highest BCUT2D eigenvalue weighted by Crippen LogP contribution is 2.14. The molecule has 1 aromatic heterocycles. The summed E-state index contributed by atoms with van der Waals surface area (Å²) in [6.07, 6.45) is 1.88. The van der Waals surface area contributed by atoms with Gasteiger partial charge in [-0.2, -0.15) is 0 Å². The molecule has 0 amide bonds. The first-order valence-electron chi connectivity index (χ1n) is 3.96. The van der Waals surface area contributed by atoms with Crippen LogP contribution in [0.25, 0.3) is 10.9 Å². The van der Waals surface area contributed by atoms with Crippen molar-refractivity contribution < 1.29 is 0 Å². The summed E-state index contributed by atoms with van der Waals surface area (Å²) in [5, 5.41) is 1.14. The molecular weight excluding hydrogens is 148 g/mol. The number of fused-ring (bicyclic) bond motifs is 1. The van der Waals surface area contributed by atoms with Crippen molar-refractivity contribution >= 4 is 10.9 Å². The Labute approximate surface area is 71.3 Å². The lowest BCUT2D eigenvalue weighted by Crippen LogP contribution is -1.88. The molecule has 12 heavy (non-hydrogen) atoms. The Bertz CT molecular complexity index is 421. The van der Waals surface area contributed by atoms with Crippen LogP contribution in [0.2, 0.25) is 0 Å². The molecule has 0 aliphatic heterocycles. The van der Waals surface area contributed by atoms with Gasteiger partial charge in [0.25, 0.3) is 0 Å². The van der Waals surface area contributed by atoms with E-state index in [-0.39, 0.29) is 0 Å². The maximum atomic E-state index is 4.33. The molecule has 0 saturated carbocycles. The maximum Gasteiger partial charge on any atom is 0.125 e. The average molecular weight is 158 g/mol. The van der Waals surface area contributed by atoms with Gasteiger partial charge in [-0.15, -0.1) is 0 Å². The van der Waals surface area contributed by atoms with Crippen molar-refractivity contribution in [3.63, 3.8) is 0 Å². The summed E-state index contributed by atoms with van der Waals surface area (Å²) in [6, 6.07) is 6.10. The third-order valence-electron chi connectivity index (χ3n) is 1.96. The molecule has 0 fully saturated rings. The van der Waals surface area contributed by atoms with Crippen LogP contribution in [-0.4, -0.2) is 9.97 Å². The van der Waals surface area contributed by atoms with Gasteiger partial charge in [0.05, 0.1) is 5.52 Å². The zero-order valence-corrected chi connectivity index (χ0v) is 7.20. The summed E-state index contributed by atoms with van der Waals surface area (Å²) in [7, 11) is 0. The molecule has 0 aliphatic rings.